The van der Waals surface area contributed by atoms with Gasteiger partial charge in [-0.25, -0.2) is 0 Å². The number of hydrogen-bond donors (Lipinski definition) is 0. The predicted octanol–water partition coefficient (Wildman–Crippen LogP) is 16.5. The summed E-state index contributed by atoms with van der Waals surface area (Å²) >= 11 is -0.826. The van der Waals surface area contributed by atoms with Gasteiger partial charge < -0.3 is 0 Å². The van der Waals surface area contributed by atoms with Gasteiger partial charge in [0.15, 0.2) is 0 Å². The first-order valence-electron chi connectivity index (χ1n) is 23.6. The van der Waals surface area contributed by atoms with Crippen molar-refractivity contribution in [1.29, 1.82) is 0 Å². The molecule has 64 heavy (non-hydrogen) atoms. The third-order valence-electron chi connectivity index (χ3n) is 12.4. The van der Waals surface area contributed by atoms with Crippen LogP contribution in [0, 0.1) is 0 Å². The zero-order valence-electron chi connectivity index (χ0n) is 44.3. The summed E-state index contributed by atoms with van der Waals surface area (Å²) in [5.74, 6) is 0. The van der Waals surface area contributed by atoms with Crippen molar-refractivity contribution >= 4 is 101 Å². The van der Waals surface area contributed by atoms with E-state index in [1.54, 1.807) is 20.7 Å². The first-order valence-corrected chi connectivity index (χ1v) is 45.9. The van der Waals surface area contributed by atoms with E-state index < -0.39 is 53.1 Å². The first-order chi connectivity index (χ1) is 29.3. The molecule has 0 N–H and O–H groups in total. The molecule has 0 spiro atoms. The molecule has 0 aromatic heterocycles. The van der Waals surface area contributed by atoms with Gasteiger partial charge in [0, 0.05) is 9.52 Å². The Morgan fingerprint density at radius 1 is 0.469 bits per heavy atom. The van der Waals surface area contributed by atoms with Crippen LogP contribution in [0.1, 0.15) is 77.6 Å². The van der Waals surface area contributed by atoms with E-state index in [1.807, 2.05) is 0 Å². The number of hydrogen-bond acceptors (Lipinski definition) is 0. The van der Waals surface area contributed by atoms with Crippen LogP contribution < -0.4 is 20.7 Å². The molecule has 0 saturated heterocycles. The fourth-order valence-electron chi connectivity index (χ4n) is 8.07. The molecule has 0 aliphatic carbocycles. The monoisotopic (exact) mass is 1060 g/mol. The molecular weight excluding hydrogens is 975 g/mol. The van der Waals surface area contributed by atoms with Crippen molar-refractivity contribution in [2.75, 3.05) is 0 Å². The Morgan fingerprint density at radius 3 is 0.922 bits per heavy atom. The number of halogens is 2. The van der Waals surface area contributed by atoms with Crippen LogP contribution in [0.15, 0.2) is 84.9 Å². The number of benzene rings is 4. The molecule has 8 heteroatoms. The Labute approximate surface area is 418 Å². The van der Waals surface area contributed by atoms with Crippen LogP contribution in [0.5, 0.6) is 0 Å². The Bertz CT molecular complexity index is 2230. The van der Waals surface area contributed by atoms with Crippen LogP contribution in [0.25, 0.3) is 43.8 Å². The van der Waals surface area contributed by atoms with Gasteiger partial charge >= 0.3 is 37.9 Å². The molecule has 0 aliphatic heterocycles. The molecule has 0 nitrogen and oxygen atoms in total. The number of aryl methyl sites for hydroxylation is 2. The van der Waals surface area contributed by atoms with Crippen molar-refractivity contribution in [3.8, 4) is 22.3 Å². The van der Waals surface area contributed by atoms with Gasteiger partial charge in [0.05, 0.1) is 32.3 Å². The number of rotatable bonds is 8. The van der Waals surface area contributed by atoms with Crippen LogP contribution >= 0.6 is 17.0 Å². The van der Waals surface area contributed by atoms with E-state index in [0.717, 1.165) is 22.4 Å². The van der Waals surface area contributed by atoms with E-state index in [1.165, 1.54) is 66.1 Å². The van der Waals surface area contributed by atoms with E-state index in [9.17, 15) is 0 Å². The molecule has 6 aromatic rings. The van der Waals surface area contributed by atoms with Gasteiger partial charge in [-0.2, -0.15) is 12.1 Å². The summed E-state index contributed by atoms with van der Waals surface area (Å²) in [6.07, 6.45) is 2.14. The van der Waals surface area contributed by atoms with Crippen LogP contribution in [0.3, 0.4) is 0 Å². The summed E-state index contributed by atoms with van der Waals surface area (Å²) in [6.45, 7) is 52.5. The van der Waals surface area contributed by atoms with Gasteiger partial charge in [0.1, 0.15) is 0 Å². The van der Waals surface area contributed by atoms with Crippen molar-refractivity contribution in [3.63, 3.8) is 0 Å². The summed E-state index contributed by atoms with van der Waals surface area (Å²) < 4.78 is 0. The van der Waals surface area contributed by atoms with Crippen molar-refractivity contribution < 1.29 is 20.8 Å². The Morgan fingerprint density at radius 2 is 0.719 bits per heavy atom. The normalized spacial score (nSPS) is 12.5. The Hall–Kier alpha value is -1.35. The van der Waals surface area contributed by atoms with Gasteiger partial charge in [-0.05, 0) is 34.8 Å². The molecule has 0 amide bonds. The van der Waals surface area contributed by atoms with Crippen molar-refractivity contribution in [3.05, 3.63) is 107 Å². The second kappa shape index (κ2) is 22.4. The molecule has 346 valence electrons. The van der Waals surface area contributed by atoms with Crippen molar-refractivity contribution in [2.45, 2.75) is 171 Å². The third kappa shape index (κ3) is 14.8. The molecular formula is C56H84Cl2Si5Zr. The van der Waals surface area contributed by atoms with Crippen LogP contribution in [0.4, 0.5) is 0 Å². The topological polar surface area (TPSA) is 0 Å². The molecule has 0 heterocycles. The van der Waals surface area contributed by atoms with E-state index in [-0.39, 0.29) is 10.8 Å². The van der Waals surface area contributed by atoms with Gasteiger partial charge in [0.2, 0.25) is 0 Å². The quantitative estimate of drug-likeness (QED) is 0.105. The molecule has 0 saturated carbocycles. The second-order valence-electron chi connectivity index (χ2n) is 24.1. The zero-order valence-corrected chi connectivity index (χ0v) is 53.2. The standard InChI is InChI=1S/2C27H39Si2.C2H6Si.2ClH.Zr/c2*1-11-19-12-13-20-14-22(27(2,3)4)17-25(20)26(19)21-15-23(28(5,6)7)18-24(16-21)29(8,9)10;1-3-2;;;/h2*12-18H,11H2,1-10H3;1-2H3;2*1H;/q2*-1;;;;+4/p-2. The molecule has 6 rings (SSSR count). The summed E-state index contributed by atoms with van der Waals surface area (Å²) in [5, 5.41) is 12.0. The fraction of sp³-hybridized carbons (Fsp3) is 0.464. The summed E-state index contributed by atoms with van der Waals surface area (Å²) in [7, 11) is 5.33. The number of fused-ring (bicyclic) bond motifs is 2. The zero-order chi connectivity index (χ0) is 49.0. The SMILES string of the molecule is CCc1ccc2[cH-]c(C(C)(C)C)cc2c1-c1cc([Si](C)(C)C)cc([Si](C)(C)C)c1.CCc1ccc2[cH-]c(C(C)(C)C)cc2c1-c1cc([Si](C)(C)C)cc([Si](C)(C)C)c1.C[Si]C.[Cl][Zr+2][Cl]. The maximum atomic E-state index is 4.93. The van der Waals surface area contributed by atoms with Crippen LogP contribution in [0.2, 0.25) is 91.7 Å². The Balaban J connectivity index is 0.000000303. The molecule has 6 aromatic carbocycles. The maximum absolute atomic E-state index is 4.93. The molecule has 2 radical (unpaired) electrons. The molecule has 0 aliphatic rings. The van der Waals surface area contributed by atoms with Crippen LogP contribution in [-0.2, 0) is 44.5 Å². The van der Waals surface area contributed by atoms with Gasteiger partial charge in [0.25, 0.3) is 0 Å². The van der Waals surface area contributed by atoms with Crippen molar-refractivity contribution in [1.82, 2.24) is 0 Å². The fourth-order valence-corrected chi connectivity index (χ4v) is 13.1. The average molecular weight is 1060 g/mol. The van der Waals surface area contributed by atoms with E-state index >= 15 is 0 Å². The van der Waals surface area contributed by atoms with Crippen molar-refractivity contribution in [2.24, 2.45) is 0 Å². The minimum absolute atomic E-state index is 0.173. The van der Waals surface area contributed by atoms with Gasteiger partial charge in [-0.3, -0.25) is 0 Å². The summed E-state index contributed by atoms with van der Waals surface area (Å²) in [6, 6.07) is 34.3. The van der Waals surface area contributed by atoms with Crippen LogP contribution in [-0.4, -0.2) is 41.8 Å². The summed E-state index contributed by atoms with van der Waals surface area (Å²) in [4.78, 5) is 0. The Kier molecular flexibility index (Phi) is 19.9. The predicted molar refractivity (Wildman–Crippen MR) is 307 cm³/mol. The van der Waals surface area contributed by atoms with Gasteiger partial charge in [-0.15, -0.1) is 69.1 Å². The molecule has 0 atom stereocenters. The second-order valence-corrected chi connectivity index (χ2v) is 49.1. The summed E-state index contributed by atoms with van der Waals surface area (Å²) in [5.41, 5.74) is 12.0. The van der Waals surface area contributed by atoms with E-state index in [4.69, 9.17) is 17.0 Å². The molecule has 0 unspecified atom stereocenters. The van der Waals surface area contributed by atoms with E-state index in [0.29, 0.717) is 0 Å². The van der Waals surface area contributed by atoms with E-state index in [2.05, 4.69) is 232 Å². The average Bonchev–Trinajstić information content (AvgIpc) is 3.82. The van der Waals surface area contributed by atoms with Gasteiger partial charge in [-0.1, -0.05) is 226 Å². The third-order valence-corrected chi connectivity index (χ3v) is 20.4. The first kappa shape index (κ1) is 57.0. The minimum atomic E-state index is -1.41. The molecule has 0 fully saturated rings. The molecule has 0 bridgehead atoms.